The van der Waals surface area contributed by atoms with Crippen LogP contribution in [0.25, 0.3) is 0 Å². The lowest BCUT2D eigenvalue weighted by Crippen LogP contribution is -2.39. The molecule has 0 fully saturated rings. The Morgan fingerprint density at radius 3 is 1.49 bits per heavy atom. The van der Waals surface area contributed by atoms with Crippen LogP contribution < -0.4 is 35.3 Å². The van der Waals surface area contributed by atoms with Gasteiger partial charge in [0.25, 0.3) is 0 Å². The number of hydrogen-bond donors (Lipinski definition) is 11. The summed E-state index contributed by atoms with van der Waals surface area (Å²) >= 11 is 5.72. The average Bonchev–Trinajstić information content (AvgIpc) is 3.24. The van der Waals surface area contributed by atoms with Gasteiger partial charge in [-0.3, -0.25) is 0 Å². The Bertz CT molecular complexity index is 1990. The molecule has 65 heavy (non-hydrogen) atoms. The number of nitrogens with one attached hydrogen (secondary N) is 4. The molecule has 1 heterocycles. The molecule has 3 aromatic rings. The van der Waals surface area contributed by atoms with Gasteiger partial charge in [0.05, 0.1) is 30.6 Å². The van der Waals surface area contributed by atoms with Gasteiger partial charge in [0.15, 0.2) is 12.2 Å². The largest absolute Gasteiger partial charge is 0.491 e. The van der Waals surface area contributed by atoms with Crippen molar-refractivity contribution in [1.29, 1.82) is 0 Å². The number of halogens is 1. The van der Waals surface area contributed by atoms with Crippen molar-refractivity contribution in [2.24, 2.45) is 5.14 Å². The molecule has 4 unspecified atom stereocenters. The van der Waals surface area contributed by atoms with Crippen LogP contribution in [0.4, 0.5) is 5.69 Å². The maximum atomic E-state index is 11.6. The molecule has 4 atom stereocenters. The second kappa shape index (κ2) is 30.1. The third-order valence-electron chi connectivity index (χ3n) is 8.42. The average molecular weight is 983 g/mol. The number of ether oxygens (including phenoxy) is 4. The summed E-state index contributed by atoms with van der Waals surface area (Å²) in [6, 6.07) is 18.7. The summed E-state index contributed by atoms with van der Waals surface area (Å²) in [6.45, 7) is 11.3. The van der Waals surface area contributed by atoms with Crippen molar-refractivity contribution >= 4 is 49.3 Å². The predicted octanol–water partition coefficient (Wildman–Crippen LogP) is 0.753. The van der Waals surface area contributed by atoms with Crippen LogP contribution in [0.5, 0.6) is 11.5 Å². The second-order valence-electron chi connectivity index (χ2n) is 14.7. The number of fused-ring (bicyclic) bond motifs is 1. The topological polar surface area (TPSA) is 335 Å². The Morgan fingerprint density at radius 2 is 1.15 bits per heavy atom. The highest BCUT2D eigenvalue weighted by atomic mass is 35.5. The van der Waals surface area contributed by atoms with Crippen molar-refractivity contribution in [2.45, 2.75) is 86.8 Å². The minimum Gasteiger partial charge on any atom is -0.491 e. The van der Waals surface area contributed by atoms with Crippen molar-refractivity contribution in [1.82, 2.24) is 15.4 Å². The van der Waals surface area contributed by atoms with E-state index >= 15 is 0 Å². The summed E-state index contributed by atoms with van der Waals surface area (Å²) in [4.78, 5) is 18.9. The Labute approximate surface area is 385 Å². The lowest BCUT2D eigenvalue weighted by molar-refractivity contribution is -0.165. The fourth-order valence-corrected chi connectivity index (χ4v) is 7.16. The third-order valence-corrected chi connectivity index (χ3v) is 11.2. The van der Waals surface area contributed by atoms with Crippen molar-refractivity contribution < 1.29 is 76.0 Å². The lowest BCUT2D eigenvalue weighted by atomic mass is 10.1. The van der Waals surface area contributed by atoms with Gasteiger partial charge in [0.2, 0.25) is 20.0 Å². The fraction of sp³-hybridized carbons (Fsp3) is 0.512. The van der Waals surface area contributed by atoms with Gasteiger partial charge in [-0.05, 0) is 60.4 Å². The number of aliphatic hydroxyl groups is 4. The van der Waals surface area contributed by atoms with Crippen molar-refractivity contribution in [2.75, 3.05) is 65.7 Å². The first-order valence-electron chi connectivity index (χ1n) is 20.1. The number of hydrogen-bond acceptors (Lipinski definition) is 17. The third kappa shape index (κ3) is 24.2. The van der Waals surface area contributed by atoms with E-state index in [1.807, 2.05) is 76.2 Å². The van der Waals surface area contributed by atoms with Crippen LogP contribution in [-0.4, -0.2) is 156 Å². The summed E-state index contributed by atoms with van der Waals surface area (Å²) < 4.78 is 69.0. The molecule has 3 aromatic carbocycles. The molecule has 12 N–H and O–H groups in total. The summed E-state index contributed by atoms with van der Waals surface area (Å²) in [5.41, 5.74) is 2.67. The van der Waals surface area contributed by atoms with Gasteiger partial charge in [-0.1, -0.05) is 63.6 Å². The van der Waals surface area contributed by atoms with Crippen molar-refractivity contribution in [3.8, 4) is 11.5 Å². The first-order valence-corrected chi connectivity index (χ1v) is 23.5. The SMILES string of the molecule is COCCc1ccc(OCC(O)CNC(C)C)cc1.COCCc1ccc(OCC(O)CNC(C)C)cc1.NS(=O)(=O)c1cc2c(cc1Cl)NCNS2(=O)=O.O=C(O)C(O)C(O)C(=O)O. The minimum atomic E-state index is -4.07. The smallest absolute Gasteiger partial charge is 0.335 e. The molecule has 4 rings (SSSR count). The molecule has 0 saturated carbocycles. The van der Waals surface area contributed by atoms with Crippen LogP contribution in [0.15, 0.2) is 70.5 Å². The molecule has 0 radical (unpaired) electrons. The molecule has 368 valence electrons. The van der Waals surface area contributed by atoms with Crippen LogP contribution in [0, 0.1) is 0 Å². The zero-order valence-electron chi connectivity index (χ0n) is 37.1. The second-order valence-corrected chi connectivity index (χ2v) is 18.4. The molecule has 1 aliphatic heterocycles. The Kier molecular flexibility index (Phi) is 27.3. The highest BCUT2D eigenvalue weighted by Crippen LogP contribution is 2.32. The van der Waals surface area contributed by atoms with Gasteiger partial charge < -0.3 is 65.5 Å². The first-order chi connectivity index (χ1) is 30.4. The molecule has 0 saturated heterocycles. The number of aliphatic carboxylic acids is 2. The summed E-state index contributed by atoms with van der Waals surface area (Å²) in [5, 5.41) is 65.8. The lowest BCUT2D eigenvalue weighted by Gasteiger charge is -2.20. The van der Waals surface area contributed by atoms with E-state index in [4.69, 9.17) is 56.1 Å². The van der Waals surface area contributed by atoms with E-state index in [1.165, 1.54) is 17.2 Å². The molecule has 1 aliphatic rings. The van der Waals surface area contributed by atoms with E-state index in [1.54, 1.807) is 14.2 Å². The van der Waals surface area contributed by atoms with Crippen molar-refractivity contribution in [3.63, 3.8) is 0 Å². The minimum absolute atomic E-state index is 0.0143. The van der Waals surface area contributed by atoms with E-state index in [0.29, 0.717) is 38.4 Å². The van der Waals surface area contributed by atoms with Gasteiger partial charge in [0, 0.05) is 39.4 Å². The molecule has 0 bridgehead atoms. The van der Waals surface area contributed by atoms with Gasteiger partial charge in [-0.25, -0.2) is 31.6 Å². The highest BCUT2D eigenvalue weighted by molar-refractivity contribution is 7.90. The number of carboxylic acids is 2. The van der Waals surface area contributed by atoms with Crippen LogP contribution in [0.1, 0.15) is 38.8 Å². The standard InChI is InChI=1S/2C15H25NO3.C7H8ClN3O4S2.C4H6O6/c2*1-12(2)16-10-14(17)11-19-15-6-4-13(5-7-15)8-9-18-3;8-4-1-5-7(2-6(4)16(9,12)13)17(14,15)11-3-10-5;5-1(3(7)8)2(6)4(9)10/h2*4-7,12,14,16-17H,8-11H2,1-3H3;1-2,10-11H,3H2,(H2,9,12,13);1-2,5-6H,(H,7,8)(H,9,10). The highest BCUT2D eigenvalue weighted by Gasteiger charge is 2.29. The molecule has 0 spiro atoms. The van der Waals surface area contributed by atoms with E-state index in [-0.39, 0.29) is 22.3 Å². The molecule has 24 heteroatoms. The number of nitrogens with two attached hydrogens (primary N) is 1. The fourth-order valence-electron chi connectivity index (χ4n) is 4.88. The Hall–Kier alpha value is -4.21. The number of rotatable bonds is 22. The predicted molar refractivity (Wildman–Crippen MR) is 242 cm³/mol. The van der Waals surface area contributed by atoms with Crippen molar-refractivity contribution in [3.05, 3.63) is 76.8 Å². The molecule has 0 amide bonds. The molecular formula is C41H64ClN5O16S2. The van der Waals surface area contributed by atoms with E-state index in [9.17, 15) is 36.6 Å². The molecule has 0 aliphatic carbocycles. The summed E-state index contributed by atoms with van der Waals surface area (Å²) in [7, 11) is -4.40. The number of benzene rings is 3. The Morgan fingerprint density at radius 1 is 0.754 bits per heavy atom. The van der Waals surface area contributed by atoms with E-state index < -0.39 is 61.3 Å². The summed E-state index contributed by atoms with van der Waals surface area (Å²) in [5.74, 6) is -1.97. The van der Waals surface area contributed by atoms with Gasteiger partial charge in [-0.2, -0.15) is 4.72 Å². The van der Waals surface area contributed by atoms with E-state index in [0.717, 1.165) is 43.6 Å². The first kappa shape index (κ1) is 58.8. The molecule has 0 aromatic heterocycles. The number of carboxylic acid groups (broad SMARTS) is 2. The van der Waals surface area contributed by atoms with Gasteiger partial charge in [-0.15, -0.1) is 0 Å². The molecular weight excluding hydrogens is 918 g/mol. The number of sulfonamides is 2. The van der Waals surface area contributed by atoms with Crippen LogP contribution >= 0.6 is 11.6 Å². The normalized spacial score (nSPS) is 14.6. The van der Waals surface area contributed by atoms with Gasteiger partial charge in [0.1, 0.15) is 46.7 Å². The number of methoxy groups -OCH3 is 2. The van der Waals surface area contributed by atoms with Crippen LogP contribution in [-0.2, 0) is 52.0 Å². The number of anilines is 1. The van der Waals surface area contributed by atoms with Gasteiger partial charge >= 0.3 is 11.9 Å². The van der Waals surface area contributed by atoms with E-state index in [2.05, 4.69) is 20.7 Å². The summed E-state index contributed by atoms with van der Waals surface area (Å²) in [6.07, 6.45) is -3.71. The molecule has 21 nitrogen and oxygen atoms in total. The number of aliphatic hydroxyl groups excluding tert-OH is 4. The zero-order chi connectivity index (χ0) is 49.3. The zero-order valence-corrected chi connectivity index (χ0v) is 39.5. The Balaban J connectivity index is 0.000000444. The number of carbonyl (C=O) groups is 2. The maximum Gasteiger partial charge on any atom is 0.335 e. The van der Waals surface area contributed by atoms with Crippen LogP contribution in [0.3, 0.4) is 0 Å². The maximum absolute atomic E-state index is 11.6. The number of primary sulfonamides is 1. The van der Waals surface area contributed by atoms with Crippen LogP contribution in [0.2, 0.25) is 5.02 Å². The quantitative estimate of drug-likeness (QED) is 0.0662. The monoisotopic (exact) mass is 981 g/mol.